The third-order valence-corrected chi connectivity index (χ3v) is 6.44. The van der Waals surface area contributed by atoms with Crippen molar-refractivity contribution in [1.82, 2.24) is 14.7 Å². The molecule has 3 rings (SSSR count). The topological polar surface area (TPSA) is 43.9 Å². The third kappa shape index (κ3) is 6.43. The van der Waals surface area contributed by atoms with E-state index in [0.717, 1.165) is 63.8 Å². The minimum atomic E-state index is 0.0772. The summed E-state index contributed by atoms with van der Waals surface area (Å²) < 4.78 is 0. The summed E-state index contributed by atoms with van der Waals surface area (Å²) in [5.74, 6) is 0.757. The molecule has 5 heteroatoms. The van der Waals surface area contributed by atoms with Gasteiger partial charge in [-0.1, -0.05) is 30.3 Å². The zero-order valence-electron chi connectivity index (χ0n) is 17.9. The van der Waals surface area contributed by atoms with Crippen molar-refractivity contribution >= 4 is 17.9 Å². The lowest BCUT2D eigenvalue weighted by Crippen LogP contribution is -2.44. The maximum Gasteiger partial charge on any atom is 0.246 e. The van der Waals surface area contributed by atoms with Gasteiger partial charge in [0.05, 0.1) is 0 Å². The fourth-order valence-electron chi connectivity index (χ4n) is 4.43. The molecule has 0 N–H and O–H groups in total. The summed E-state index contributed by atoms with van der Waals surface area (Å²) in [7, 11) is 4.10. The number of hydrogen-bond donors (Lipinski definition) is 0. The standard InChI is InChI=1S/C24H35N3O2/c1-25-17-14-22(15-18-25)26(2)23(28)12-11-21-9-6-16-27(19-21)24(29)13-10-20-7-4-3-5-8-20/h3-5,7-8,10,13,21-22H,6,9,11-12,14-19H2,1-2H3. The highest BCUT2D eigenvalue weighted by Gasteiger charge is 2.26. The first-order chi connectivity index (χ1) is 14.0. The molecule has 1 aromatic rings. The van der Waals surface area contributed by atoms with E-state index in [1.54, 1.807) is 6.08 Å². The molecule has 29 heavy (non-hydrogen) atoms. The molecule has 0 bridgehead atoms. The molecule has 1 atom stereocenters. The highest BCUT2D eigenvalue weighted by atomic mass is 16.2. The maximum absolute atomic E-state index is 12.7. The molecule has 1 unspecified atom stereocenters. The molecular weight excluding hydrogens is 362 g/mol. The van der Waals surface area contributed by atoms with Crippen molar-refractivity contribution in [2.75, 3.05) is 40.3 Å². The molecule has 0 aromatic heterocycles. The van der Waals surface area contributed by atoms with Crippen LogP contribution in [0.3, 0.4) is 0 Å². The van der Waals surface area contributed by atoms with Crippen LogP contribution >= 0.6 is 0 Å². The Hall–Kier alpha value is -2.14. The Labute approximate surface area is 175 Å². The summed E-state index contributed by atoms with van der Waals surface area (Å²) in [6.45, 7) is 3.72. The van der Waals surface area contributed by atoms with Gasteiger partial charge in [-0.2, -0.15) is 0 Å². The summed E-state index contributed by atoms with van der Waals surface area (Å²) in [5, 5.41) is 0. The van der Waals surface area contributed by atoms with Gasteiger partial charge in [0, 0.05) is 38.7 Å². The Morgan fingerprint density at radius 3 is 2.55 bits per heavy atom. The lowest BCUT2D eigenvalue weighted by molar-refractivity contribution is -0.133. The molecule has 2 aliphatic heterocycles. The average Bonchev–Trinajstić information content (AvgIpc) is 2.76. The number of piperidine rings is 2. The zero-order valence-corrected chi connectivity index (χ0v) is 17.9. The molecule has 0 aliphatic carbocycles. The van der Waals surface area contributed by atoms with Crippen molar-refractivity contribution < 1.29 is 9.59 Å². The normalized spacial score (nSPS) is 21.4. The molecule has 0 spiro atoms. The quantitative estimate of drug-likeness (QED) is 0.692. The summed E-state index contributed by atoms with van der Waals surface area (Å²) >= 11 is 0. The zero-order chi connectivity index (χ0) is 20.6. The van der Waals surface area contributed by atoms with Crippen LogP contribution in [0.4, 0.5) is 0 Å². The monoisotopic (exact) mass is 397 g/mol. The van der Waals surface area contributed by atoms with Crippen LogP contribution in [0.15, 0.2) is 36.4 Å². The number of carbonyl (C=O) groups is 2. The number of carbonyl (C=O) groups excluding carboxylic acids is 2. The van der Waals surface area contributed by atoms with Gasteiger partial charge in [-0.3, -0.25) is 9.59 Å². The van der Waals surface area contributed by atoms with Crippen molar-refractivity contribution in [1.29, 1.82) is 0 Å². The molecule has 2 fully saturated rings. The first-order valence-electron chi connectivity index (χ1n) is 11.0. The molecular formula is C24H35N3O2. The molecule has 0 radical (unpaired) electrons. The van der Waals surface area contributed by atoms with Gasteiger partial charge in [0.2, 0.25) is 11.8 Å². The lowest BCUT2D eigenvalue weighted by Gasteiger charge is -2.36. The van der Waals surface area contributed by atoms with Crippen LogP contribution in [0, 0.1) is 5.92 Å². The third-order valence-electron chi connectivity index (χ3n) is 6.44. The number of amides is 2. The van der Waals surface area contributed by atoms with Gasteiger partial charge >= 0.3 is 0 Å². The van der Waals surface area contributed by atoms with E-state index >= 15 is 0 Å². The van der Waals surface area contributed by atoms with Gasteiger partial charge in [-0.25, -0.2) is 0 Å². The second-order valence-corrected chi connectivity index (χ2v) is 8.61. The second kappa shape index (κ2) is 10.6. The number of benzene rings is 1. The molecule has 0 saturated carbocycles. The van der Waals surface area contributed by atoms with Gasteiger partial charge in [-0.15, -0.1) is 0 Å². The van der Waals surface area contributed by atoms with E-state index in [1.165, 1.54) is 0 Å². The van der Waals surface area contributed by atoms with E-state index in [-0.39, 0.29) is 11.8 Å². The molecule has 2 heterocycles. The van der Waals surface area contributed by atoms with Crippen molar-refractivity contribution in [2.45, 2.75) is 44.6 Å². The van der Waals surface area contributed by atoms with Gasteiger partial charge in [0.15, 0.2) is 0 Å². The molecule has 5 nitrogen and oxygen atoms in total. The lowest BCUT2D eigenvalue weighted by atomic mass is 9.92. The molecule has 158 valence electrons. The van der Waals surface area contributed by atoms with Crippen molar-refractivity contribution in [2.24, 2.45) is 5.92 Å². The van der Waals surface area contributed by atoms with Gasteiger partial charge < -0.3 is 14.7 Å². The van der Waals surface area contributed by atoms with Gasteiger partial charge in [0.25, 0.3) is 0 Å². The van der Waals surface area contributed by atoms with E-state index < -0.39 is 0 Å². The summed E-state index contributed by atoms with van der Waals surface area (Å²) in [6, 6.07) is 10.3. The molecule has 2 saturated heterocycles. The number of likely N-dealkylation sites (tertiary alicyclic amines) is 2. The largest absolute Gasteiger partial charge is 0.343 e. The molecule has 2 amide bonds. The SMILES string of the molecule is CN1CCC(N(C)C(=O)CCC2CCCN(C(=O)C=Cc3ccccc3)C2)CC1. The number of nitrogens with zero attached hydrogens (tertiary/aromatic N) is 3. The van der Waals surface area contributed by atoms with Crippen LogP contribution in [0.5, 0.6) is 0 Å². The Morgan fingerprint density at radius 1 is 1.10 bits per heavy atom. The van der Waals surface area contributed by atoms with E-state index in [4.69, 9.17) is 0 Å². The van der Waals surface area contributed by atoms with Crippen LogP contribution < -0.4 is 0 Å². The van der Waals surface area contributed by atoms with Gasteiger partial charge in [-0.05, 0) is 69.8 Å². The minimum absolute atomic E-state index is 0.0772. The van der Waals surface area contributed by atoms with Crippen molar-refractivity contribution in [3.8, 4) is 0 Å². The first kappa shape index (κ1) is 21.6. The van der Waals surface area contributed by atoms with Crippen LogP contribution in [0.25, 0.3) is 6.08 Å². The average molecular weight is 398 g/mol. The Balaban J connectivity index is 1.44. The fourth-order valence-corrected chi connectivity index (χ4v) is 4.43. The number of rotatable bonds is 6. The highest BCUT2D eigenvalue weighted by molar-refractivity contribution is 5.91. The van der Waals surface area contributed by atoms with Crippen LogP contribution in [-0.2, 0) is 9.59 Å². The highest BCUT2D eigenvalue weighted by Crippen LogP contribution is 2.23. The summed E-state index contributed by atoms with van der Waals surface area (Å²) in [4.78, 5) is 31.5. The summed E-state index contributed by atoms with van der Waals surface area (Å²) in [6.07, 6.45) is 9.29. The van der Waals surface area contributed by atoms with E-state index in [2.05, 4.69) is 11.9 Å². The molecule has 2 aliphatic rings. The smallest absolute Gasteiger partial charge is 0.246 e. The Morgan fingerprint density at radius 2 is 1.83 bits per heavy atom. The van der Waals surface area contributed by atoms with E-state index in [1.807, 2.05) is 53.3 Å². The predicted octanol–water partition coefficient (Wildman–Crippen LogP) is 3.27. The Bertz CT molecular complexity index is 695. The molecule has 1 aromatic carbocycles. The maximum atomic E-state index is 12.7. The first-order valence-corrected chi connectivity index (χ1v) is 11.0. The van der Waals surface area contributed by atoms with Crippen LogP contribution in [-0.4, -0.2) is 72.8 Å². The fraction of sp³-hybridized carbons (Fsp3) is 0.583. The Kier molecular flexibility index (Phi) is 7.87. The van der Waals surface area contributed by atoms with Crippen LogP contribution in [0.2, 0.25) is 0 Å². The van der Waals surface area contributed by atoms with Gasteiger partial charge in [0.1, 0.15) is 0 Å². The van der Waals surface area contributed by atoms with Crippen LogP contribution in [0.1, 0.15) is 44.1 Å². The summed E-state index contributed by atoms with van der Waals surface area (Å²) in [5.41, 5.74) is 1.04. The van der Waals surface area contributed by atoms with E-state index in [0.29, 0.717) is 18.4 Å². The van der Waals surface area contributed by atoms with Crippen molar-refractivity contribution in [3.05, 3.63) is 42.0 Å². The predicted molar refractivity (Wildman–Crippen MR) is 117 cm³/mol. The second-order valence-electron chi connectivity index (χ2n) is 8.61. The minimum Gasteiger partial charge on any atom is -0.343 e. The van der Waals surface area contributed by atoms with Crippen molar-refractivity contribution in [3.63, 3.8) is 0 Å². The number of hydrogen-bond acceptors (Lipinski definition) is 3. The van der Waals surface area contributed by atoms with E-state index in [9.17, 15) is 9.59 Å².